The Morgan fingerprint density at radius 2 is 1.75 bits per heavy atom. The predicted molar refractivity (Wildman–Crippen MR) is 71.7 cm³/mol. The van der Waals surface area contributed by atoms with Crippen molar-refractivity contribution in [3.8, 4) is 11.5 Å². The third kappa shape index (κ3) is 3.44. The maximum Gasteiger partial charge on any atom is 0.164 e. The van der Waals surface area contributed by atoms with Gasteiger partial charge in [-0.15, -0.1) is 0 Å². The van der Waals surface area contributed by atoms with Crippen LogP contribution in [0.25, 0.3) is 0 Å². The Balaban J connectivity index is 0. The van der Waals surface area contributed by atoms with Crippen LogP contribution in [0.2, 0.25) is 0 Å². The first kappa shape index (κ1) is 17.2. The molecule has 0 aliphatic carbocycles. The molecule has 0 heterocycles. The Bertz CT molecular complexity index is 295. The number of benzene rings is 1. The van der Waals surface area contributed by atoms with Gasteiger partial charge in [-0.1, -0.05) is 40.8 Å². The van der Waals surface area contributed by atoms with Gasteiger partial charge in [0, 0.05) is 5.56 Å². The van der Waals surface area contributed by atoms with E-state index in [9.17, 15) is 0 Å². The normalized spacial score (nSPS) is 10.8. The summed E-state index contributed by atoms with van der Waals surface area (Å²) >= 11 is 0. The van der Waals surface area contributed by atoms with Crippen LogP contribution in [0.4, 0.5) is 0 Å². The summed E-state index contributed by atoms with van der Waals surface area (Å²) in [5.74, 6) is 2.18. The standard InChI is InChI=1S/C12H18O2.2CH4/c1-5-9(2)10-7-6-8-11(13-3)12(10)14-4;;/h6-9H,5H2,1-4H3;2*1H4. The van der Waals surface area contributed by atoms with Gasteiger partial charge in [0.1, 0.15) is 0 Å². The van der Waals surface area contributed by atoms with E-state index >= 15 is 0 Å². The molecule has 1 atom stereocenters. The van der Waals surface area contributed by atoms with Gasteiger partial charge in [-0.2, -0.15) is 0 Å². The van der Waals surface area contributed by atoms with Crippen LogP contribution in [0, 0.1) is 0 Å². The molecule has 0 aliphatic heterocycles. The van der Waals surface area contributed by atoms with Crippen molar-refractivity contribution in [3.05, 3.63) is 23.8 Å². The van der Waals surface area contributed by atoms with Crippen molar-refractivity contribution in [2.45, 2.75) is 41.0 Å². The second-order valence-electron chi connectivity index (χ2n) is 3.39. The molecule has 1 rings (SSSR count). The second-order valence-corrected chi connectivity index (χ2v) is 3.39. The maximum atomic E-state index is 5.37. The zero-order valence-electron chi connectivity index (χ0n) is 9.33. The first-order chi connectivity index (χ1) is 6.74. The van der Waals surface area contributed by atoms with Crippen LogP contribution >= 0.6 is 0 Å². The lowest BCUT2D eigenvalue weighted by atomic mass is 9.97. The summed E-state index contributed by atoms with van der Waals surface area (Å²) < 4.78 is 10.6. The second kappa shape index (κ2) is 8.03. The molecule has 0 bridgehead atoms. The van der Waals surface area contributed by atoms with E-state index in [0.717, 1.165) is 17.9 Å². The van der Waals surface area contributed by atoms with Crippen LogP contribution in [0.5, 0.6) is 11.5 Å². The van der Waals surface area contributed by atoms with Crippen LogP contribution in [0.3, 0.4) is 0 Å². The van der Waals surface area contributed by atoms with Crippen molar-refractivity contribution in [1.82, 2.24) is 0 Å². The van der Waals surface area contributed by atoms with Crippen molar-refractivity contribution in [3.63, 3.8) is 0 Å². The average molecular weight is 226 g/mol. The van der Waals surface area contributed by atoms with E-state index in [0.29, 0.717) is 5.92 Å². The van der Waals surface area contributed by atoms with Gasteiger partial charge in [-0.3, -0.25) is 0 Å². The topological polar surface area (TPSA) is 18.5 Å². The molecule has 0 saturated carbocycles. The van der Waals surface area contributed by atoms with Crippen molar-refractivity contribution >= 4 is 0 Å². The average Bonchev–Trinajstić information content (AvgIpc) is 2.26. The number of hydrogen-bond acceptors (Lipinski definition) is 2. The quantitative estimate of drug-likeness (QED) is 0.753. The van der Waals surface area contributed by atoms with E-state index < -0.39 is 0 Å². The Morgan fingerprint density at radius 3 is 2.19 bits per heavy atom. The van der Waals surface area contributed by atoms with E-state index in [1.54, 1.807) is 14.2 Å². The Hall–Kier alpha value is -1.18. The summed E-state index contributed by atoms with van der Waals surface area (Å²) in [6.07, 6.45) is 1.10. The fraction of sp³-hybridized carbons (Fsp3) is 0.571. The molecule has 0 aliphatic rings. The summed E-state index contributed by atoms with van der Waals surface area (Å²) in [7, 11) is 3.35. The highest BCUT2D eigenvalue weighted by Crippen LogP contribution is 2.36. The van der Waals surface area contributed by atoms with Gasteiger partial charge in [0.15, 0.2) is 11.5 Å². The maximum absolute atomic E-state index is 5.37. The van der Waals surface area contributed by atoms with Crippen molar-refractivity contribution < 1.29 is 9.47 Å². The molecular weight excluding hydrogens is 200 g/mol. The minimum atomic E-state index is 0. The van der Waals surface area contributed by atoms with Gasteiger partial charge < -0.3 is 9.47 Å². The lowest BCUT2D eigenvalue weighted by Crippen LogP contribution is -1.98. The van der Waals surface area contributed by atoms with Gasteiger partial charge >= 0.3 is 0 Å². The molecule has 94 valence electrons. The molecule has 1 unspecified atom stereocenters. The number of methoxy groups -OCH3 is 2. The molecule has 0 fully saturated rings. The SMILES string of the molecule is C.C.CCC(C)c1cccc(OC)c1OC. The van der Waals surface area contributed by atoms with E-state index in [1.807, 2.05) is 12.1 Å². The number of ether oxygens (including phenoxy) is 2. The molecule has 0 radical (unpaired) electrons. The first-order valence-electron chi connectivity index (χ1n) is 4.95. The van der Waals surface area contributed by atoms with Crippen LogP contribution in [0.1, 0.15) is 46.6 Å². The Labute approximate surface area is 101 Å². The number of hydrogen-bond donors (Lipinski definition) is 0. The summed E-state index contributed by atoms with van der Waals surface area (Å²) in [6, 6.07) is 6.02. The third-order valence-corrected chi connectivity index (χ3v) is 2.58. The fourth-order valence-electron chi connectivity index (χ4n) is 1.52. The summed E-state index contributed by atoms with van der Waals surface area (Å²) in [5.41, 5.74) is 1.22. The number of rotatable bonds is 4. The zero-order valence-corrected chi connectivity index (χ0v) is 9.33. The Morgan fingerprint density at radius 1 is 1.12 bits per heavy atom. The van der Waals surface area contributed by atoms with Gasteiger partial charge in [0.25, 0.3) is 0 Å². The van der Waals surface area contributed by atoms with Crippen LogP contribution in [-0.4, -0.2) is 14.2 Å². The highest BCUT2D eigenvalue weighted by Gasteiger charge is 2.13. The molecule has 16 heavy (non-hydrogen) atoms. The van der Waals surface area contributed by atoms with Crippen molar-refractivity contribution in [2.75, 3.05) is 14.2 Å². The molecule has 0 spiro atoms. The molecule has 2 nitrogen and oxygen atoms in total. The molecular formula is C14H26O2. The van der Waals surface area contributed by atoms with E-state index in [1.165, 1.54) is 5.56 Å². The van der Waals surface area contributed by atoms with Crippen LogP contribution < -0.4 is 9.47 Å². The smallest absolute Gasteiger partial charge is 0.164 e. The zero-order chi connectivity index (χ0) is 10.6. The van der Waals surface area contributed by atoms with Gasteiger partial charge in [-0.25, -0.2) is 0 Å². The summed E-state index contributed by atoms with van der Waals surface area (Å²) in [5, 5.41) is 0. The predicted octanol–water partition coefficient (Wildman–Crippen LogP) is 4.49. The molecule has 2 heteroatoms. The summed E-state index contributed by atoms with van der Waals surface area (Å²) in [4.78, 5) is 0. The third-order valence-electron chi connectivity index (χ3n) is 2.58. The van der Waals surface area contributed by atoms with Gasteiger partial charge in [0.2, 0.25) is 0 Å². The lowest BCUT2D eigenvalue weighted by Gasteiger charge is -2.16. The minimum Gasteiger partial charge on any atom is -0.493 e. The van der Waals surface area contributed by atoms with Crippen LogP contribution in [0.15, 0.2) is 18.2 Å². The molecule has 0 N–H and O–H groups in total. The molecule has 0 amide bonds. The summed E-state index contributed by atoms with van der Waals surface area (Å²) in [6.45, 7) is 4.36. The van der Waals surface area contributed by atoms with E-state index in [2.05, 4.69) is 19.9 Å². The molecule has 1 aromatic rings. The highest BCUT2D eigenvalue weighted by molar-refractivity contribution is 5.48. The van der Waals surface area contributed by atoms with Crippen molar-refractivity contribution in [2.24, 2.45) is 0 Å². The first-order valence-corrected chi connectivity index (χ1v) is 4.95. The monoisotopic (exact) mass is 226 g/mol. The molecule has 0 saturated heterocycles. The molecule has 1 aromatic carbocycles. The number of para-hydroxylation sites is 1. The van der Waals surface area contributed by atoms with Gasteiger partial charge in [0.05, 0.1) is 14.2 Å². The van der Waals surface area contributed by atoms with Crippen LogP contribution in [-0.2, 0) is 0 Å². The highest BCUT2D eigenvalue weighted by atomic mass is 16.5. The lowest BCUT2D eigenvalue weighted by molar-refractivity contribution is 0.349. The van der Waals surface area contributed by atoms with Gasteiger partial charge in [-0.05, 0) is 18.4 Å². The van der Waals surface area contributed by atoms with Crippen molar-refractivity contribution in [1.29, 1.82) is 0 Å². The minimum absolute atomic E-state index is 0. The molecule has 0 aromatic heterocycles. The van der Waals surface area contributed by atoms with E-state index in [-0.39, 0.29) is 14.9 Å². The van der Waals surface area contributed by atoms with E-state index in [4.69, 9.17) is 9.47 Å². The fourth-order valence-corrected chi connectivity index (χ4v) is 1.52. The largest absolute Gasteiger partial charge is 0.493 e. The Kier molecular flexibility index (Phi) is 8.64.